The average molecular weight is 267 g/mol. The first-order valence-electron chi connectivity index (χ1n) is 5.07. The Labute approximate surface area is 106 Å². The van der Waals surface area contributed by atoms with Crippen LogP contribution in [0.3, 0.4) is 0 Å². The second-order valence-electron chi connectivity index (χ2n) is 3.49. The molecule has 1 aromatic rings. The van der Waals surface area contributed by atoms with Crippen molar-refractivity contribution in [3.05, 3.63) is 30.3 Å². The Hall–Kier alpha value is -1.84. The van der Waals surface area contributed by atoms with Crippen molar-refractivity contribution in [2.45, 2.75) is 0 Å². The van der Waals surface area contributed by atoms with Crippen LogP contribution >= 0.6 is 0 Å². The van der Waals surface area contributed by atoms with Crippen LogP contribution in [-0.2, 0) is 19.1 Å². The van der Waals surface area contributed by atoms with Crippen LogP contribution in [0.2, 0.25) is 0 Å². The van der Waals surface area contributed by atoms with Gasteiger partial charge < -0.3 is 0 Å². The molecule has 1 aromatic carbocycles. The number of terminal acetylenes is 1. The Morgan fingerprint density at radius 2 is 2.00 bits per heavy atom. The lowest BCUT2D eigenvalue weighted by molar-refractivity contribution is -0.120. The highest BCUT2D eigenvalue weighted by Crippen LogP contribution is 2.13. The number of anilines is 1. The van der Waals surface area contributed by atoms with Crippen molar-refractivity contribution in [3.8, 4) is 12.3 Å². The summed E-state index contributed by atoms with van der Waals surface area (Å²) in [4.78, 5) is 13.1. The molecule has 0 radical (unpaired) electrons. The van der Waals surface area contributed by atoms with E-state index in [4.69, 9.17) is 6.42 Å². The summed E-state index contributed by atoms with van der Waals surface area (Å²) in [5.74, 6) is 1.83. The fourth-order valence-electron chi connectivity index (χ4n) is 1.26. The predicted octanol–water partition coefficient (Wildman–Crippen LogP) is 0.629. The van der Waals surface area contributed by atoms with Crippen LogP contribution < -0.4 is 4.90 Å². The minimum Gasteiger partial charge on any atom is -0.299 e. The van der Waals surface area contributed by atoms with Crippen molar-refractivity contribution in [1.29, 1.82) is 0 Å². The van der Waals surface area contributed by atoms with E-state index in [9.17, 15) is 13.2 Å². The molecular formula is C12H13NO4S. The number of rotatable bonds is 5. The molecule has 18 heavy (non-hydrogen) atoms. The molecular weight excluding hydrogens is 254 g/mol. The Bertz CT molecular complexity index is 545. The summed E-state index contributed by atoms with van der Waals surface area (Å²) in [5.41, 5.74) is 0.595. The highest BCUT2D eigenvalue weighted by atomic mass is 32.2. The fraction of sp³-hybridized carbons (Fsp3) is 0.250. The Morgan fingerprint density at radius 1 is 1.39 bits per heavy atom. The van der Waals surface area contributed by atoms with Gasteiger partial charge in [0.15, 0.2) is 0 Å². The molecule has 0 spiro atoms. The summed E-state index contributed by atoms with van der Waals surface area (Å²) in [5, 5.41) is 0. The molecule has 0 fully saturated rings. The second kappa shape index (κ2) is 6.19. The van der Waals surface area contributed by atoms with Crippen LogP contribution in [0, 0.1) is 12.3 Å². The molecule has 0 atom stereocenters. The third-order valence-electron chi connectivity index (χ3n) is 2.01. The number of carbonyl (C=O) groups is 1. The molecule has 0 saturated carbocycles. The first-order valence-corrected chi connectivity index (χ1v) is 6.89. The van der Waals surface area contributed by atoms with E-state index in [1.165, 1.54) is 4.90 Å². The SMILES string of the molecule is C#CCN(C(=O)COS(C)(=O)=O)c1ccccc1. The highest BCUT2D eigenvalue weighted by Gasteiger charge is 2.16. The summed E-state index contributed by atoms with van der Waals surface area (Å²) < 4.78 is 26.1. The van der Waals surface area contributed by atoms with Gasteiger partial charge in [-0.25, -0.2) is 0 Å². The summed E-state index contributed by atoms with van der Waals surface area (Å²) in [6, 6.07) is 8.72. The van der Waals surface area contributed by atoms with Crippen molar-refractivity contribution >= 4 is 21.7 Å². The van der Waals surface area contributed by atoms with Crippen molar-refractivity contribution in [3.63, 3.8) is 0 Å². The van der Waals surface area contributed by atoms with E-state index in [1.54, 1.807) is 30.3 Å². The first-order chi connectivity index (χ1) is 8.44. The van der Waals surface area contributed by atoms with Gasteiger partial charge in [0.05, 0.1) is 12.8 Å². The molecule has 0 unspecified atom stereocenters. The van der Waals surface area contributed by atoms with Crippen LogP contribution in [0.25, 0.3) is 0 Å². The number of carbonyl (C=O) groups excluding carboxylic acids is 1. The number of benzene rings is 1. The zero-order valence-electron chi connectivity index (χ0n) is 9.87. The molecule has 0 aromatic heterocycles. The molecule has 0 aliphatic heterocycles. The maximum atomic E-state index is 11.8. The number of hydrogen-bond acceptors (Lipinski definition) is 4. The molecule has 0 heterocycles. The van der Waals surface area contributed by atoms with Gasteiger partial charge >= 0.3 is 0 Å². The van der Waals surface area contributed by atoms with Gasteiger partial charge in [0, 0.05) is 5.69 Å². The predicted molar refractivity (Wildman–Crippen MR) is 68.4 cm³/mol. The largest absolute Gasteiger partial charge is 0.299 e. The lowest BCUT2D eigenvalue weighted by atomic mass is 10.3. The quantitative estimate of drug-likeness (QED) is 0.580. The van der Waals surface area contributed by atoms with E-state index >= 15 is 0 Å². The third kappa shape index (κ3) is 4.57. The van der Waals surface area contributed by atoms with Crippen molar-refractivity contribution in [2.24, 2.45) is 0 Å². The lowest BCUT2D eigenvalue weighted by Crippen LogP contribution is -2.35. The van der Waals surface area contributed by atoms with Gasteiger partial charge in [-0.05, 0) is 12.1 Å². The number of para-hydroxylation sites is 1. The molecule has 6 heteroatoms. The van der Waals surface area contributed by atoms with Crippen LogP contribution in [0.4, 0.5) is 5.69 Å². The third-order valence-corrected chi connectivity index (χ3v) is 2.56. The second-order valence-corrected chi connectivity index (χ2v) is 5.13. The van der Waals surface area contributed by atoms with Crippen molar-refractivity contribution in [1.82, 2.24) is 0 Å². The van der Waals surface area contributed by atoms with Crippen LogP contribution in [0.5, 0.6) is 0 Å². The average Bonchev–Trinajstić information content (AvgIpc) is 2.33. The van der Waals surface area contributed by atoms with E-state index < -0.39 is 22.6 Å². The van der Waals surface area contributed by atoms with E-state index in [2.05, 4.69) is 10.1 Å². The summed E-state index contributed by atoms with van der Waals surface area (Å²) in [6.07, 6.45) is 6.07. The van der Waals surface area contributed by atoms with Crippen molar-refractivity contribution in [2.75, 3.05) is 24.3 Å². The van der Waals surface area contributed by atoms with Gasteiger partial charge in [-0.3, -0.25) is 13.9 Å². The molecule has 5 nitrogen and oxygen atoms in total. The highest BCUT2D eigenvalue weighted by molar-refractivity contribution is 7.86. The molecule has 0 bridgehead atoms. The summed E-state index contributed by atoms with van der Waals surface area (Å²) in [6.45, 7) is -0.509. The monoisotopic (exact) mass is 267 g/mol. The fourth-order valence-corrected chi connectivity index (χ4v) is 1.57. The van der Waals surface area contributed by atoms with E-state index in [0.29, 0.717) is 5.69 Å². The number of amides is 1. The van der Waals surface area contributed by atoms with E-state index in [0.717, 1.165) is 6.26 Å². The van der Waals surface area contributed by atoms with Gasteiger partial charge in [0.25, 0.3) is 16.0 Å². The van der Waals surface area contributed by atoms with Gasteiger partial charge in [0.1, 0.15) is 6.61 Å². The molecule has 1 amide bonds. The zero-order valence-corrected chi connectivity index (χ0v) is 10.7. The lowest BCUT2D eigenvalue weighted by Gasteiger charge is -2.19. The first kappa shape index (κ1) is 14.2. The maximum Gasteiger partial charge on any atom is 0.264 e. The van der Waals surface area contributed by atoms with Crippen LogP contribution in [0.1, 0.15) is 0 Å². The van der Waals surface area contributed by atoms with Crippen molar-refractivity contribution < 1.29 is 17.4 Å². The topological polar surface area (TPSA) is 63.7 Å². The minimum absolute atomic E-state index is 0.0516. The van der Waals surface area contributed by atoms with E-state index in [1.807, 2.05) is 0 Å². The van der Waals surface area contributed by atoms with Gasteiger partial charge in [-0.2, -0.15) is 8.42 Å². The Morgan fingerprint density at radius 3 is 2.50 bits per heavy atom. The molecule has 0 aliphatic rings. The normalized spacial score (nSPS) is 10.7. The van der Waals surface area contributed by atoms with Gasteiger partial charge in [0.2, 0.25) is 0 Å². The van der Waals surface area contributed by atoms with Crippen LogP contribution in [-0.4, -0.2) is 33.7 Å². The standard InChI is InChI=1S/C12H13NO4S/c1-3-9-13(11-7-5-4-6-8-11)12(14)10-17-18(2,15)16/h1,4-8H,9-10H2,2H3. The maximum absolute atomic E-state index is 11.8. The molecule has 0 saturated heterocycles. The van der Waals surface area contributed by atoms with Gasteiger partial charge in [-0.1, -0.05) is 24.1 Å². The number of nitrogens with zero attached hydrogens (tertiary/aromatic N) is 1. The Balaban J connectivity index is 2.81. The molecule has 96 valence electrons. The van der Waals surface area contributed by atoms with Crippen LogP contribution in [0.15, 0.2) is 30.3 Å². The smallest absolute Gasteiger partial charge is 0.264 e. The van der Waals surface area contributed by atoms with Gasteiger partial charge in [-0.15, -0.1) is 6.42 Å². The summed E-state index contributed by atoms with van der Waals surface area (Å²) in [7, 11) is -3.65. The molecule has 0 N–H and O–H groups in total. The van der Waals surface area contributed by atoms with E-state index in [-0.39, 0.29) is 6.54 Å². The number of hydrogen-bond donors (Lipinski definition) is 0. The molecule has 1 rings (SSSR count). The molecule has 0 aliphatic carbocycles. The zero-order chi connectivity index (χ0) is 13.6. The summed E-state index contributed by atoms with van der Waals surface area (Å²) >= 11 is 0. The minimum atomic E-state index is -3.65. The Kier molecular flexibility index (Phi) is 4.89.